The van der Waals surface area contributed by atoms with Crippen LogP contribution in [0.25, 0.3) is 0 Å². The summed E-state index contributed by atoms with van der Waals surface area (Å²) in [5.41, 5.74) is 0. The first-order valence-corrected chi connectivity index (χ1v) is 6.98. The summed E-state index contributed by atoms with van der Waals surface area (Å²) in [6.45, 7) is 6.88. The van der Waals surface area contributed by atoms with Crippen LogP contribution < -0.4 is 10.1 Å². The Morgan fingerprint density at radius 3 is 2.78 bits per heavy atom. The zero-order chi connectivity index (χ0) is 13.2. The number of hydrogen-bond acceptors (Lipinski definition) is 3. The molecule has 0 fully saturated rings. The minimum absolute atomic E-state index is 0.0516. The molecule has 0 radical (unpaired) electrons. The van der Waals surface area contributed by atoms with Gasteiger partial charge in [0.25, 0.3) is 0 Å². The summed E-state index contributed by atoms with van der Waals surface area (Å²) in [6, 6.07) is 7.77. The maximum atomic E-state index is 11.5. The molecule has 98 valence electrons. The van der Waals surface area contributed by atoms with Gasteiger partial charge in [0.1, 0.15) is 5.75 Å². The van der Waals surface area contributed by atoms with Gasteiger partial charge in [0, 0.05) is 11.4 Å². The van der Waals surface area contributed by atoms with E-state index in [1.54, 1.807) is 6.08 Å². The molecule has 0 aliphatic carbocycles. The lowest BCUT2D eigenvalue weighted by atomic mass is 10.3. The molecule has 3 nitrogen and oxygen atoms in total. The van der Waals surface area contributed by atoms with Crippen LogP contribution in [0.2, 0.25) is 0 Å². The highest BCUT2D eigenvalue weighted by Gasteiger charge is 2.02. The maximum absolute atomic E-state index is 11.5. The van der Waals surface area contributed by atoms with Gasteiger partial charge in [0.15, 0.2) is 0 Å². The molecule has 1 amide bonds. The molecule has 4 heteroatoms. The van der Waals surface area contributed by atoms with Crippen LogP contribution >= 0.6 is 11.8 Å². The molecule has 0 saturated heterocycles. The first-order valence-electron chi connectivity index (χ1n) is 5.99. The molecule has 0 atom stereocenters. The van der Waals surface area contributed by atoms with Crippen molar-refractivity contribution in [2.45, 2.75) is 18.2 Å². The molecule has 1 rings (SSSR count). The summed E-state index contributed by atoms with van der Waals surface area (Å²) < 4.78 is 5.35. The second kappa shape index (κ2) is 8.64. The predicted octanol–water partition coefficient (Wildman–Crippen LogP) is 2.87. The fourth-order valence-corrected chi connectivity index (χ4v) is 2.04. The molecule has 0 heterocycles. The van der Waals surface area contributed by atoms with Crippen molar-refractivity contribution < 1.29 is 9.53 Å². The molecular formula is C14H19NO2S. The van der Waals surface area contributed by atoms with E-state index in [0.717, 1.165) is 17.1 Å². The van der Waals surface area contributed by atoms with Gasteiger partial charge in [-0.15, -0.1) is 18.3 Å². The summed E-state index contributed by atoms with van der Waals surface area (Å²) in [5.74, 6) is 1.35. The van der Waals surface area contributed by atoms with E-state index in [1.165, 1.54) is 11.8 Å². The number of hydrogen-bond donors (Lipinski definition) is 1. The molecule has 0 aromatic heterocycles. The molecule has 0 bridgehead atoms. The Morgan fingerprint density at radius 2 is 2.17 bits per heavy atom. The van der Waals surface area contributed by atoms with Gasteiger partial charge >= 0.3 is 0 Å². The molecular weight excluding hydrogens is 246 g/mol. The van der Waals surface area contributed by atoms with Crippen LogP contribution in [0.15, 0.2) is 41.8 Å². The van der Waals surface area contributed by atoms with E-state index in [2.05, 4.69) is 11.9 Å². The van der Waals surface area contributed by atoms with Gasteiger partial charge in [-0.25, -0.2) is 0 Å². The first-order chi connectivity index (χ1) is 8.76. The molecule has 0 spiro atoms. The van der Waals surface area contributed by atoms with E-state index in [-0.39, 0.29) is 5.91 Å². The minimum atomic E-state index is 0.0516. The Labute approximate surface area is 113 Å². The Balaban J connectivity index is 2.29. The zero-order valence-corrected chi connectivity index (χ0v) is 11.5. The van der Waals surface area contributed by atoms with Crippen LogP contribution in [0.4, 0.5) is 0 Å². The van der Waals surface area contributed by atoms with Crippen molar-refractivity contribution in [3.8, 4) is 5.75 Å². The van der Waals surface area contributed by atoms with Gasteiger partial charge in [-0.2, -0.15) is 0 Å². The van der Waals surface area contributed by atoms with E-state index < -0.39 is 0 Å². The second-order valence-electron chi connectivity index (χ2n) is 3.62. The van der Waals surface area contributed by atoms with Crippen LogP contribution in [0.5, 0.6) is 5.75 Å². The largest absolute Gasteiger partial charge is 0.494 e. The monoisotopic (exact) mass is 265 g/mol. The van der Waals surface area contributed by atoms with E-state index in [4.69, 9.17) is 4.74 Å². The van der Waals surface area contributed by atoms with Gasteiger partial charge in [0.05, 0.1) is 12.4 Å². The number of benzene rings is 1. The van der Waals surface area contributed by atoms with Crippen LogP contribution in [0.1, 0.15) is 13.3 Å². The van der Waals surface area contributed by atoms with Crippen molar-refractivity contribution in [3.05, 3.63) is 36.9 Å². The predicted molar refractivity (Wildman–Crippen MR) is 76.2 cm³/mol. The lowest BCUT2D eigenvalue weighted by Crippen LogP contribution is -2.25. The van der Waals surface area contributed by atoms with E-state index in [9.17, 15) is 4.79 Å². The average molecular weight is 265 g/mol. The quantitative estimate of drug-likeness (QED) is 0.446. The third-order valence-corrected chi connectivity index (χ3v) is 3.19. The van der Waals surface area contributed by atoms with Gasteiger partial charge in [-0.05, 0) is 37.6 Å². The number of nitrogens with one attached hydrogen (secondary N) is 1. The number of thioether (sulfide) groups is 1. The summed E-state index contributed by atoms with van der Waals surface area (Å²) in [7, 11) is 0. The van der Waals surface area contributed by atoms with E-state index in [0.29, 0.717) is 18.9 Å². The average Bonchev–Trinajstić information content (AvgIpc) is 2.39. The highest BCUT2D eigenvalue weighted by atomic mass is 32.2. The van der Waals surface area contributed by atoms with Crippen LogP contribution in [-0.4, -0.2) is 24.8 Å². The van der Waals surface area contributed by atoms with Crippen LogP contribution in [0.3, 0.4) is 0 Å². The first kappa shape index (κ1) is 14.6. The summed E-state index contributed by atoms with van der Waals surface area (Å²) in [4.78, 5) is 12.5. The van der Waals surface area contributed by atoms with Crippen molar-refractivity contribution in [1.29, 1.82) is 0 Å². The second-order valence-corrected chi connectivity index (χ2v) is 4.67. The molecule has 18 heavy (non-hydrogen) atoms. The Bertz CT molecular complexity index is 376. The zero-order valence-electron chi connectivity index (χ0n) is 10.6. The van der Waals surface area contributed by atoms with Gasteiger partial charge in [0.2, 0.25) is 5.91 Å². The Kier molecular flexibility index (Phi) is 7.03. The molecule has 0 unspecified atom stereocenters. The highest BCUT2D eigenvalue weighted by molar-refractivity contribution is 8.00. The third-order valence-electron chi connectivity index (χ3n) is 2.18. The number of ether oxygens (including phenoxy) is 1. The van der Waals surface area contributed by atoms with Crippen LogP contribution in [-0.2, 0) is 4.79 Å². The third kappa shape index (κ3) is 5.77. The molecule has 1 aromatic carbocycles. The standard InChI is InChI=1S/C14H19NO2S/c1-3-5-10-15-14(16)11-18-13-8-6-12(7-9-13)17-4-2/h3,6-9H,1,4-5,10-11H2,2H3,(H,15,16). The number of rotatable bonds is 8. The normalized spacial score (nSPS) is 9.83. The molecule has 0 saturated carbocycles. The fourth-order valence-electron chi connectivity index (χ4n) is 1.31. The summed E-state index contributed by atoms with van der Waals surface area (Å²) in [6.07, 6.45) is 2.60. The lowest BCUT2D eigenvalue weighted by molar-refractivity contribution is -0.118. The number of carbonyl (C=O) groups excluding carboxylic acids is 1. The highest BCUT2D eigenvalue weighted by Crippen LogP contribution is 2.21. The summed E-state index contributed by atoms with van der Waals surface area (Å²) in [5, 5.41) is 2.83. The van der Waals surface area contributed by atoms with Crippen molar-refractivity contribution in [1.82, 2.24) is 5.32 Å². The molecule has 0 aliphatic heterocycles. The summed E-state index contributed by atoms with van der Waals surface area (Å²) >= 11 is 1.52. The van der Waals surface area contributed by atoms with Crippen LogP contribution in [0, 0.1) is 0 Å². The number of carbonyl (C=O) groups is 1. The molecule has 0 aliphatic rings. The SMILES string of the molecule is C=CCCNC(=O)CSc1ccc(OCC)cc1. The van der Waals surface area contributed by atoms with Gasteiger partial charge in [-0.1, -0.05) is 6.08 Å². The fraction of sp³-hybridized carbons (Fsp3) is 0.357. The maximum Gasteiger partial charge on any atom is 0.230 e. The van der Waals surface area contributed by atoms with E-state index in [1.807, 2.05) is 31.2 Å². The topological polar surface area (TPSA) is 38.3 Å². The smallest absolute Gasteiger partial charge is 0.230 e. The van der Waals surface area contributed by atoms with Crippen molar-refractivity contribution in [3.63, 3.8) is 0 Å². The Hall–Kier alpha value is -1.42. The minimum Gasteiger partial charge on any atom is -0.494 e. The lowest BCUT2D eigenvalue weighted by Gasteiger charge is -2.05. The number of amides is 1. The Morgan fingerprint density at radius 1 is 1.44 bits per heavy atom. The van der Waals surface area contributed by atoms with Crippen molar-refractivity contribution in [2.75, 3.05) is 18.9 Å². The molecule has 1 N–H and O–H groups in total. The van der Waals surface area contributed by atoms with Crippen molar-refractivity contribution >= 4 is 17.7 Å². The van der Waals surface area contributed by atoms with Gasteiger partial charge in [-0.3, -0.25) is 4.79 Å². The molecule has 1 aromatic rings. The van der Waals surface area contributed by atoms with Crippen molar-refractivity contribution in [2.24, 2.45) is 0 Å². The van der Waals surface area contributed by atoms with E-state index >= 15 is 0 Å². The van der Waals surface area contributed by atoms with Gasteiger partial charge < -0.3 is 10.1 Å².